The van der Waals surface area contributed by atoms with Crippen molar-refractivity contribution in [1.29, 1.82) is 0 Å². The van der Waals surface area contributed by atoms with Gasteiger partial charge in [-0.1, -0.05) is 25.1 Å². The monoisotopic (exact) mass is 306 g/mol. The predicted octanol–water partition coefficient (Wildman–Crippen LogP) is 1.15. The average Bonchev–Trinajstić information content (AvgIpc) is 2.55. The van der Waals surface area contributed by atoms with Gasteiger partial charge >= 0.3 is 0 Å². The topological polar surface area (TPSA) is 74.8 Å². The van der Waals surface area contributed by atoms with E-state index in [-0.39, 0.29) is 12.5 Å². The lowest BCUT2D eigenvalue weighted by Gasteiger charge is -2.12. The zero-order chi connectivity index (χ0) is 16.0. The zero-order valence-electron chi connectivity index (χ0n) is 13.4. The van der Waals surface area contributed by atoms with Crippen LogP contribution in [0, 0.1) is 0 Å². The third-order valence-corrected chi connectivity index (χ3v) is 2.70. The Bertz CT molecular complexity index is 449. The summed E-state index contributed by atoms with van der Waals surface area (Å²) in [6.45, 7) is 6.67. The smallest absolute Gasteiger partial charge is 0.241 e. The Morgan fingerprint density at radius 3 is 2.55 bits per heavy atom. The molecule has 0 heterocycles. The molecule has 1 aromatic carbocycles. The van der Waals surface area contributed by atoms with Crippen LogP contribution < -0.4 is 20.7 Å². The zero-order valence-corrected chi connectivity index (χ0v) is 13.4. The molecule has 0 saturated heterocycles. The number of aliphatic imine (C=N–C) groups is 1. The summed E-state index contributed by atoms with van der Waals surface area (Å²) in [7, 11) is 0. The van der Waals surface area contributed by atoms with Gasteiger partial charge in [0.2, 0.25) is 5.91 Å². The van der Waals surface area contributed by atoms with Gasteiger partial charge in [0.25, 0.3) is 0 Å². The Balaban J connectivity index is 2.29. The number of carbonyl (C=O) groups excluding carboxylic acids is 1. The Labute approximate surface area is 132 Å². The highest BCUT2D eigenvalue weighted by atomic mass is 16.5. The van der Waals surface area contributed by atoms with Gasteiger partial charge < -0.3 is 20.7 Å². The van der Waals surface area contributed by atoms with Gasteiger partial charge in [0.1, 0.15) is 18.9 Å². The lowest BCUT2D eigenvalue weighted by atomic mass is 10.3. The molecule has 6 nitrogen and oxygen atoms in total. The maximum Gasteiger partial charge on any atom is 0.241 e. The summed E-state index contributed by atoms with van der Waals surface area (Å²) in [4.78, 5) is 15.8. The van der Waals surface area contributed by atoms with Crippen molar-refractivity contribution in [2.75, 3.05) is 32.8 Å². The van der Waals surface area contributed by atoms with Gasteiger partial charge in [0.15, 0.2) is 5.96 Å². The highest BCUT2D eigenvalue weighted by Gasteiger charge is 2.01. The Morgan fingerprint density at radius 2 is 1.86 bits per heavy atom. The number of hydrogen-bond donors (Lipinski definition) is 3. The van der Waals surface area contributed by atoms with Crippen LogP contribution in [0.4, 0.5) is 0 Å². The average molecular weight is 306 g/mol. The summed E-state index contributed by atoms with van der Waals surface area (Å²) in [5.74, 6) is 1.38. The third kappa shape index (κ3) is 8.14. The van der Waals surface area contributed by atoms with Gasteiger partial charge in [-0.25, -0.2) is 4.99 Å². The molecule has 122 valence electrons. The quantitative estimate of drug-likeness (QED) is 0.363. The van der Waals surface area contributed by atoms with E-state index in [9.17, 15) is 4.79 Å². The van der Waals surface area contributed by atoms with Crippen LogP contribution in [0.1, 0.15) is 20.3 Å². The van der Waals surface area contributed by atoms with Crippen LogP contribution in [0.25, 0.3) is 0 Å². The maximum absolute atomic E-state index is 11.5. The standard InChI is InChI=1S/C16H26N4O2/c1-3-10-18-15(21)13-20-16(17-4-2)19-11-12-22-14-8-6-5-7-9-14/h5-9H,3-4,10-13H2,1-2H3,(H,18,21)(H2,17,19,20). The van der Waals surface area contributed by atoms with Gasteiger partial charge in [-0.2, -0.15) is 0 Å². The fraction of sp³-hybridized carbons (Fsp3) is 0.500. The van der Waals surface area contributed by atoms with E-state index in [4.69, 9.17) is 4.74 Å². The second kappa shape index (κ2) is 11.4. The maximum atomic E-state index is 11.5. The summed E-state index contributed by atoms with van der Waals surface area (Å²) >= 11 is 0. The van der Waals surface area contributed by atoms with Crippen molar-refractivity contribution < 1.29 is 9.53 Å². The first kappa shape index (κ1) is 17.8. The Kier molecular flexibility index (Phi) is 9.25. The molecule has 0 unspecified atom stereocenters. The first-order valence-electron chi connectivity index (χ1n) is 7.73. The van der Waals surface area contributed by atoms with E-state index in [1.807, 2.05) is 44.2 Å². The highest BCUT2D eigenvalue weighted by Crippen LogP contribution is 2.07. The molecule has 6 heteroatoms. The molecule has 1 amide bonds. The molecule has 22 heavy (non-hydrogen) atoms. The molecule has 0 bridgehead atoms. The molecule has 1 rings (SSSR count). The van der Waals surface area contributed by atoms with E-state index in [2.05, 4.69) is 20.9 Å². The summed E-state index contributed by atoms with van der Waals surface area (Å²) in [5.41, 5.74) is 0. The molecule has 0 aliphatic heterocycles. The van der Waals surface area contributed by atoms with Crippen molar-refractivity contribution in [3.63, 3.8) is 0 Å². The van der Waals surface area contributed by atoms with Crippen LogP contribution in [0.15, 0.2) is 35.3 Å². The second-order valence-corrected chi connectivity index (χ2v) is 4.63. The number of guanidine groups is 1. The first-order valence-corrected chi connectivity index (χ1v) is 7.73. The number of nitrogens with zero attached hydrogens (tertiary/aromatic N) is 1. The molecule has 3 N–H and O–H groups in total. The van der Waals surface area contributed by atoms with Crippen LogP contribution in [0.2, 0.25) is 0 Å². The molecule has 0 aromatic heterocycles. The van der Waals surface area contributed by atoms with E-state index in [1.165, 1.54) is 0 Å². The van der Waals surface area contributed by atoms with Gasteiger partial charge in [-0.05, 0) is 25.5 Å². The van der Waals surface area contributed by atoms with Crippen LogP contribution in [-0.2, 0) is 4.79 Å². The van der Waals surface area contributed by atoms with Crippen molar-refractivity contribution in [3.8, 4) is 5.75 Å². The second-order valence-electron chi connectivity index (χ2n) is 4.63. The van der Waals surface area contributed by atoms with Crippen molar-refractivity contribution in [2.45, 2.75) is 20.3 Å². The van der Waals surface area contributed by atoms with E-state index in [0.29, 0.717) is 25.7 Å². The fourth-order valence-corrected chi connectivity index (χ4v) is 1.67. The number of nitrogens with one attached hydrogen (secondary N) is 3. The molecule has 0 saturated carbocycles. The number of rotatable bonds is 9. The van der Waals surface area contributed by atoms with Gasteiger partial charge in [-0.15, -0.1) is 0 Å². The van der Waals surface area contributed by atoms with Crippen molar-refractivity contribution >= 4 is 11.9 Å². The van der Waals surface area contributed by atoms with E-state index in [1.54, 1.807) is 0 Å². The van der Waals surface area contributed by atoms with E-state index < -0.39 is 0 Å². The van der Waals surface area contributed by atoms with E-state index in [0.717, 1.165) is 18.7 Å². The van der Waals surface area contributed by atoms with E-state index >= 15 is 0 Å². The van der Waals surface area contributed by atoms with Crippen LogP contribution >= 0.6 is 0 Å². The molecule has 0 radical (unpaired) electrons. The number of para-hydroxylation sites is 1. The third-order valence-electron chi connectivity index (χ3n) is 2.70. The fourth-order valence-electron chi connectivity index (χ4n) is 1.67. The highest BCUT2D eigenvalue weighted by molar-refractivity contribution is 5.84. The minimum Gasteiger partial charge on any atom is -0.492 e. The summed E-state index contributed by atoms with van der Waals surface area (Å²) in [5, 5.41) is 9.02. The minimum atomic E-state index is -0.0698. The molecule has 0 aliphatic carbocycles. The minimum absolute atomic E-state index is 0.0698. The van der Waals surface area contributed by atoms with Crippen molar-refractivity contribution in [3.05, 3.63) is 30.3 Å². The lowest BCUT2D eigenvalue weighted by molar-refractivity contribution is -0.119. The first-order chi connectivity index (χ1) is 10.8. The Morgan fingerprint density at radius 1 is 1.09 bits per heavy atom. The molecule has 0 atom stereocenters. The Hall–Kier alpha value is -2.24. The molecular weight excluding hydrogens is 280 g/mol. The van der Waals surface area contributed by atoms with Gasteiger partial charge in [-0.3, -0.25) is 4.79 Å². The normalized spacial score (nSPS) is 10.9. The number of hydrogen-bond acceptors (Lipinski definition) is 3. The van der Waals surface area contributed by atoms with Gasteiger partial charge in [0, 0.05) is 13.1 Å². The summed E-state index contributed by atoms with van der Waals surface area (Å²) in [6, 6.07) is 9.64. The predicted molar refractivity (Wildman–Crippen MR) is 89.2 cm³/mol. The number of benzene rings is 1. The van der Waals surface area contributed by atoms with Crippen LogP contribution in [0.3, 0.4) is 0 Å². The largest absolute Gasteiger partial charge is 0.492 e. The summed E-state index contributed by atoms with van der Waals surface area (Å²) < 4.78 is 5.59. The molecule has 0 fully saturated rings. The number of carbonyl (C=O) groups is 1. The lowest BCUT2D eigenvalue weighted by Crippen LogP contribution is -2.40. The van der Waals surface area contributed by atoms with Crippen molar-refractivity contribution in [2.24, 2.45) is 4.99 Å². The number of ether oxygens (including phenoxy) is 1. The molecule has 0 aliphatic rings. The van der Waals surface area contributed by atoms with Crippen LogP contribution in [0.5, 0.6) is 5.75 Å². The van der Waals surface area contributed by atoms with Gasteiger partial charge in [0.05, 0.1) is 6.54 Å². The van der Waals surface area contributed by atoms with Crippen LogP contribution in [-0.4, -0.2) is 44.7 Å². The number of amides is 1. The summed E-state index contributed by atoms with van der Waals surface area (Å²) in [6.07, 6.45) is 0.921. The molecular formula is C16H26N4O2. The molecule has 1 aromatic rings. The van der Waals surface area contributed by atoms with Crippen molar-refractivity contribution in [1.82, 2.24) is 16.0 Å². The SMILES string of the molecule is CCCNC(=O)CN=C(NCC)NCCOc1ccccc1. The molecule has 0 spiro atoms.